The smallest absolute Gasteiger partial charge is 0.416 e. The third kappa shape index (κ3) is 7.59. The summed E-state index contributed by atoms with van der Waals surface area (Å²) in [5, 5.41) is 6.12. The minimum atomic E-state index is -4.47. The Morgan fingerprint density at radius 2 is 1.65 bits per heavy atom. The van der Waals surface area contributed by atoms with Crippen LogP contribution in [-0.2, 0) is 22.0 Å². The highest BCUT2D eigenvalue weighted by Crippen LogP contribution is 2.29. The highest BCUT2D eigenvalue weighted by molar-refractivity contribution is 7.88. The zero-order valence-corrected chi connectivity index (χ0v) is 19.3. The zero-order chi connectivity index (χ0) is 24.8. The molecule has 0 bridgehead atoms. The SMILES string of the molecule is COc1ccc(Nc2cc(C)nc(NCCNS(=O)(=O)Cc3ccc(C(F)(F)F)cc3)n2)cc1. The summed E-state index contributed by atoms with van der Waals surface area (Å²) in [4.78, 5) is 8.65. The van der Waals surface area contributed by atoms with Crippen molar-refractivity contribution in [3.8, 4) is 5.75 Å². The molecule has 8 nitrogen and oxygen atoms in total. The van der Waals surface area contributed by atoms with Gasteiger partial charge in [0.15, 0.2) is 0 Å². The number of aryl methyl sites for hydroxylation is 1. The first-order valence-corrected chi connectivity index (χ1v) is 11.8. The predicted octanol–water partition coefficient (Wildman–Crippen LogP) is 4.09. The zero-order valence-electron chi connectivity index (χ0n) is 18.5. The van der Waals surface area contributed by atoms with Gasteiger partial charge in [0.2, 0.25) is 16.0 Å². The van der Waals surface area contributed by atoms with E-state index in [0.717, 1.165) is 35.7 Å². The quantitative estimate of drug-likeness (QED) is 0.364. The Labute approximate surface area is 195 Å². The first-order chi connectivity index (χ1) is 16.0. The fourth-order valence-electron chi connectivity index (χ4n) is 2.98. The van der Waals surface area contributed by atoms with Gasteiger partial charge in [-0.15, -0.1) is 0 Å². The van der Waals surface area contributed by atoms with E-state index in [2.05, 4.69) is 25.3 Å². The average Bonchev–Trinajstić information content (AvgIpc) is 2.76. The molecule has 1 heterocycles. The second-order valence-electron chi connectivity index (χ2n) is 7.35. The number of benzene rings is 2. The van der Waals surface area contributed by atoms with E-state index in [4.69, 9.17) is 4.74 Å². The van der Waals surface area contributed by atoms with Gasteiger partial charge in [-0.25, -0.2) is 18.1 Å². The van der Waals surface area contributed by atoms with Crippen molar-refractivity contribution in [2.24, 2.45) is 0 Å². The summed E-state index contributed by atoms with van der Waals surface area (Å²) in [7, 11) is -2.15. The van der Waals surface area contributed by atoms with Gasteiger partial charge in [-0.1, -0.05) is 12.1 Å². The van der Waals surface area contributed by atoms with Crippen LogP contribution in [-0.4, -0.2) is 38.6 Å². The molecule has 0 fully saturated rings. The van der Waals surface area contributed by atoms with Crippen LogP contribution in [0.2, 0.25) is 0 Å². The van der Waals surface area contributed by atoms with Crippen LogP contribution >= 0.6 is 0 Å². The molecule has 1 aromatic heterocycles. The van der Waals surface area contributed by atoms with Gasteiger partial charge in [-0.05, 0) is 48.9 Å². The van der Waals surface area contributed by atoms with Crippen molar-refractivity contribution in [1.82, 2.24) is 14.7 Å². The van der Waals surface area contributed by atoms with Gasteiger partial charge in [0, 0.05) is 30.5 Å². The lowest BCUT2D eigenvalue weighted by atomic mass is 10.1. The fourth-order valence-corrected chi connectivity index (χ4v) is 4.12. The molecule has 0 radical (unpaired) electrons. The molecule has 0 saturated carbocycles. The van der Waals surface area contributed by atoms with Crippen molar-refractivity contribution in [3.63, 3.8) is 0 Å². The number of nitrogens with zero attached hydrogens (tertiary/aromatic N) is 2. The molecule has 0 aliphatic rings. The van der Waals surface area contributed by atoms with Crippen molar-refractivity contribution < 1.29 is 26.3 Å². The van der Waals surface area contributed by atoms with Gasteiger partial charge in [0.1, 0.15) is 11.6 Å². The minimum Gasteiger partial charge on any atom is -0.497 e. The van der Waals surface area contributed by atoms with Crippen molar-refractivity contribution in [3.05, 3.63) is 71.4 Å². The number of aromatic nitrogens is 2. The number of hydrogen-bond donors (Lipinski definition) is 3. The number of alkyl halides is 3. The molecule has 0 spiro atoms. The number of rotatable bonds is 10. The summed E-state index contributed by atoms with van der Waals surface area (Å²) >= 11 is 0. The first-order valence-electron chi connectivity index (χ1n) is 10.2. The summed E-state index contributed by atoms with van der Waals surface area (Å²) in [5.74, 6) is 1.18. The second-order valence-corrected chi connectivity index (χ2v) is 9.15. The number of hydrogen-bond acceptors (Lipinski definition) is 7. The lowest BCUT2D eigenvalue weighted by molar-refractivity contribution is -0.137. The maximum atomic E-state index is 12.6. The number of anilines is 3. The number of halogens is 3. The van der Waals surface area contributed by atoms with E-state index in [1.807, 2.05) is 24.3 Å². The third-order valence-electron chi connectivity index (χ3n) is 4.58. The van der Waals surface area contributed by atoms with Crippen LogP contribution in [0.5, 0.6) is 5.75 Å². The highest BCUT2D eigenvalue weighted by Gasteiger charge is 2.30. The summed E-state index contributed by atoms with van der Waals surface area (Å²) in [6.07, 6.45) is -4.47. The summed E-state index contributed by atoms with van der Waals surface area (Å²) in [6, 6.07) is 13.1. The van der Waals surface area contributed by atoms with Crippen molar-refractivity contribution in [2.45, 2.75) is 18.9 Å². The molecule has 3 aromatic rings. The van der Waals surface area contributed by atoms with E-state index in [-0.39, 0.29) is 18.7 Å². The van der Waals surface area contributed by atoms with Crippen LogP contribution in [0.1, 0.15) is 16.8 Å². The molecular formula is C22H24F3N5O3S. The number of methoxy groups -OCH3 is 1. The Kier molecular flexibility index (Phi) is 7.94. The number of ether oxygens (including phenoxy) is 1. The normalized spacial score (nSPS) is 11.8. The Bertz CT molecular complexity index is 1200. The van der Waals surface area contributed by atoms with Gasteiger partial charge in [0.05, 0.1) is 18.4 Å². The van der Waals surface area contributed by atoms with E-state index >= 15 is 0 Å². The van der Waals surface area contributed by atoms with Gasteiger partial charge in [0.25, 0.3) is 0 Å². The summed E-state index contributed by atoms with van der Waals surface area (Å²) in [5.41, 5.74) is 0.937. The standard InChI is InChI=1S/C22H24F3N5O3S/c1-15-13-20(29-18-7-9-19(33-2)10-8-18)30-21(28-15)26-11-12-27-34(31,32)14-16-3-5-17(6-4-16)22(23,24)25/h3-10,13,27H,11-12,14H2,1-2H3,(H2,26,28,29,30). The van der Waals surface area contributed by atoms with Crippen LogP contribution < -0.4 is 20.1 Å². The van der Waals surface area contributed by atoms with Gasteiger partial charge >= 0.3 is 6.18 Å². The third-order valence-corrected chi connectivity index (χ3v) is 5.94. The minimum absolute atomic E-state index is 0.0432. The van der Waals surface area contributed by atoms with Crippen LogP contribution in [0.15, 0.2) is 54.6 Å². The molecule has 34 heavy (non-hydrogen) atoms. The Hall–Kier alpha value is -3.38. The summed E-state index contributed by atoms with van der Waals surface area (Å²) in [6.45, 7) is 2.05. The molecule has 0 aliphatic carbocycles. The second kappa shape index (κ2) is 10.7. The lowest BCUT2D eigenvalue weighted by Crippen LogP contribution is -2.30. The van der Waals surface area contributed by atoms with E-state index < -0.39 is 27.5 Å². The Morgan fingerprint density at radius 3 is 2.26 bits per heavy atom. The van der Waals surface area contributed by atoms with Gasteiger partial charge < -0.3 is 15.4 Å². The van der Waals surface area contributed by atoms with Crippen LogP contribution in [0.25, 0.3) is 0 Å². The molecular weight excluding hydrogens is 471 g/mol. The molecule has 0 saturated heterocycles. The Morgan fingerprint density at radius 1 is 0.971 bits per heavy atom. The van der Waals surface area contributed by atoms with Gasteiger partial charge in [-0.3, -0.25) is 0 Å². The Balaban J connectivity index is 1.51. The molecule has 2 aromatic carbocycles. The van der Waals surface area contributed by atoms with Crippen molar-refractivity contribution >= 4 is 27.5 Å². The molecule has 0 unspecified atom stereocenters. The molecule has 0 atom stereocenters. The first kappa shape index (κ1) is 25.2. The molecule has 3 rings (SSSR count). The highest BCUT2D eigenvalue weighted by atomic mass is 32.2. The maximum absolute atomic E-state index is 12.6. The van der Waals surface area contributed by atoms with E-state index in [1.54, 1.807) is 20.1 Å². The van der Waals surface area contributed by atoms with E-state index in [1.165, 1.54) is 0 Å². The summed E-state index contributed by atoms with van der Waals surface area (Å²) < 4.78 is 69.9. The van der Waals surface area contributed by atoms with Crippen LogP contribution in [0.4, 0.5) is 30.6 Å². The van der Waals surface area contributed by atoms with E-state index in [0.29, 0.717) is 17.5 Å². The van der Waals surface area contributed by atoms with Crippen molar-refractivity contribution in [1.29, 1.82) is 0 Å². The van der Waals surface area contributed by atoms with Gasteiger partial charge in [-0.2, -0.15) is 18.2 Å². The van der Waals surface area contributed by atoms with Crippen LogP contribution in [0.3, 0.4) is 0 Å². The molecule has 12 heteroatoms. The number of sulfonamides is 1. The van der Waals surface area contributed by atoms with Crippen LogP contribution in [0, 0.1) is 6.92 Å². The molecule has 0 aliphatic heterocycles. The molecule has 182 valence electrons. The monoisotopic (exact) mass is 495 g/mol. The average molecular weight is 496 g/mol. The van der Waals surface area contributed by atoms with Crippen molar-refractivity contribution in [2.75, 3.05) is 30.8 Å². The maximum Gasteiger partial charge on any atom is 0.416 e. The predicted molar refractivity (Wildman–Crippen MR) is 124 cm³/mol. The fraction of sp³-hybridized carbons (Fsp3) is 0.273. The lowest BCUT2D eigenvalue weighted by Gasteiger charge is -2.11. The molecule has 0 amide bonds. The topological polar surface area (TPSA) is 105 Å². The largest absolute Gasteiger partial charge is 0.497 e. The van der Waals surface area contributed by atoms with E-state index in [9.17, 15) is 21.6 Å². The molecule has 3 N–H and O–H groups in total. The number of nitrogens with one attached hydrogen (secondary N) is 3.